The molecule has 0 saturated heterocycles. The quantitative estimate of drug-likeness (QED) is 0.661. The molecule has 5 heteroatoms. The van der Waals surface area contributed by atoms with Gasteiger partial charge in [0.1, 0.15) is 5.75 Å². The molecule has 0 atom stereocenters. The highest BCUT2D eigenvalue weighted by Crippen LogP contribution is 2.29. The van der Waals surface area contributed by atoms with Gasteiger partial charge < -0.3 is 4.74 Å². The monoisotopic (exact) mass is 288 g/mol. The highest BCUT2D eigenvalue weighted by Gasteiger charge is 2.33. The highest BCUT2D eigenvalue weighted by molar-refractivity contribution is 6.00. The van der Waals surface area contributed by atoms with Crippen molar-refractivity contribution in [1.29, 1.82) is 0 Å². The fourth-order valence-electron chi connectivity index (χ4n) is 2.21. The van der Waals surface area contributed by atoms with E-state index in [1.807, 2.05) is 13.8 Å². The fourth-order valence-corrected chi connectivity index (χ4v) is 2.21. The Hall–Kier alpha value is -1.52. The van der Waals surface area contributed by atoms with Crippen LogP contribution in [0.4, 0.5) is 13.2 Å². The Morgan fingerprint density at radius 2 is 1.70 bits per heavy atom. The first-order valence-corrected chi connectivity index (χ1v) is 6.78. The fraction of sp³-hybridized carbons (Fsp3) is 0.533. The Labute approximate surface area is 116 Å². The second-order valence-electron chi connectivity index (χ2n) is 4.68. The van der Waals surface area contributed by atoms with E-state index < -0.39 is 12.1 Å². The standard InChI is InChI=1S/C15H19F3O2/c1-3-7-11(8-4-2)14(19)12-9-5-6-10-13(12)20-15(16,17)18/h5-6,9-11H,3-4,7-8H2,1-2H3. The Morgan fingerprint density at radius 1 is 1.15 bits per heavy atom. The number of Topliss-reactive ketones (excluding diaryl/α,β-unsaturated/α-hetero) is 1. The van der Waals surface area contributed by atoms with Crippen LogP contribution in [0.2, 0.25) is 0 Å². The molecule has 0 aliphatic carbocycles. The van der Waals surface area contributed by atoms with Crippen molar-refractivity contribution in [3.05, 3.63) is 29.8 Å². The molecule has 0 aromatic heterocycles. The molecule has 0 heterocycles. The molecule has 0 spiro atoms. The number of alkyl halides is 3. The molecule has 0 amide bonds. The molecule has 0 aliphatic heterocycles. The molecule has 0 bridgehead atoms. The summed E-state index contributed by atoms with van der Waals surface area (Å²) in [6, 6.07) is 5.54. The lowest BCUT2D eigenvalue weighted by molar-refractivity contribution is -0.274. The predicted molar refractivity (Wildman–Crippen MR) is 70.8 cm³/mol. The van der Waals surface area contributed by atoms with Crippen LogP contribution in [-0.2, 0) is 0 Å². The first kappa shape index (κ1) is 16.5. The Balaban J connectivity index is 3.02. The second-order valence-corrected chi connectivity index (χ2v) is 4.68. The van der Waals surface area contributed by atoms with Gasteiger partial charge in [0, 0.05) is 5.92 Å². The van der Waals surface area contributed by atoms with Gasteiger partial charge >= 0.3 is 6.36 Å². The average molecular weight is 288 g/mol. The molecule has 112 valence electrons. The van der Waals surface area contributed by atoms with E-state index in [4.69, 9.17) is 0 Å². The van der Waals surface area contributed by atoms with E-state index in [0.29, 0.717) is 12.8 Å². The highest BCUT2D eigenvalue weighted by atomic mass is 19.4. The largest absolute Gasteiger partial charge is 0.573 e. The maximum Gasteiger partial charge on any atom is 0.573 e. The zero-order valence-electron chi connectivity index (χ0n) is 11.7. The maximum absolute atomic E-state index is 12.4. The molecular weight excluding hydrogens is 269 g/mol. The van der Waals surface area contributed by atoms with Crippen LogP contribution < -0.4 is 4.74 Å². The third-order valence-corrected chi connectivity index (χ3v) is 3.02. The molecule has 2 nitrogen and oxygen atoms in total. The van der Waals surface area contributed by atoms with Crippen LogP contribution in [0, 0.1) is 5.92 Å². The third kappa shape index (κ3) is 4.87. The molecule has 20 heavy (non-hydrogen) atoms. The lowest BCUT2D eigenvalue weighted by Gasteiger charge is -2.17. The summed E-state index contributed by atoms with van der Waals surface area (Å²) >= 11 is 0. The van der Waals surface area contributed by atoms with Crippen molar-refractivity contribution >= 4 is 5.78 Å². The molecule has 0 N–H and O–H groups in total. The SMILES string of the molecule is CCCC(CCC)C(=O)c1ccccc1OC(F)(F)F. The van der Waals surface area contributed by atoms with Gasteiger partial charge in [-0.2, -0.15) is 0 Å². The summed E-state index contributed by atoms with van der Waals surface area (Å²) in [5.74, 6) is -0.932. The molecule has 0 unspecified atom stereocenters. The average Bonchev–Trinajstić information content (AvgIpc) is 2.36. The van der Waals surface area contributed by atoms with E-state index in [1.54, 1.807) is 6.07 Å². The van der Waals surface area contributed by atoms with Gasteiger partial charge in [-0.05, 0) is 25.0 Å². The number of ketones is 1. The maximum atomic E-state index is 12.4. The van der Waals surface area contributed by atoms with Gasteiger partial charge in [0.05, 0.1) is 5.56 Å². The molecule has 0 fully saturated rings. The summed E-state index contributed by atoms with van der Waals surface area (Å²) in [6.45, 7) is 3.90. The van der Waals surface area contributed by atoms with Crippen LogP contribution in [0.15, 0.2) is 24.3 Å². The van der Waals surface area contributed by atoms with Gasteiger partial charge in [-0.25, -0.2) is 0 Å². The van der Waals surface area contributed by atoms with Crippen molar-refractivity contribution in [2.75, 3.05) is 0 Å². The summed E-state index contributed by atoms with van der Waals surface area (Å²) in [7, 11) is 0. The van der Waals surface area contributed by atoms with Crippen molar-refractivity contribution in [3.63, 3.8) is 0 Å². The molecular formula is C15H19F3O2. The number of ether oxygens (including phenoxy) is 1. The summed E-state index contributed by atoms with van der Waals surface area (Å²) in [6.07, 6.45) is -1.81. The zero-order valence-corrected chi connectivity index (χ0v) is 11.7. The number of benzene rings is 1. The summed E-state index contributed by atoms with van der Waals surface area (Å²) in [4.78, 5) is 12.4. The Bertz CT molecular complexity index is 435. The van der Waals surface area contributed by atoms with Crippen LogP contribution in [0.3, 0.4) is 0 Å². The van der Waals surface area contributed by atoms with E-state index in [2.05, 4.69) is 4.74 Å². The van der Waals surface area contributed by atoms with Gasteiger partial charge in [-0.15, -0.1) is 13.2 Å². The molecule has 1 aromatic rings. The number of carbonyl (C=O) groups is 1. The minimum absolute atomic E-state index is 0.0109. The first-order valence-electron chi connectivity index (χ1n) is 6.78. The summed E-state index contributed by atoms with van der Waals surface area (Å²) < 4.78 is 41.0. The number of hydrogen-bond acceptors (Lipinski definition) is 2. The third-order valence-electron chi connectivity index (χ3n) is 3.02. The number of rotatable bonds is 7. The van der Waals surface area contributed by atoms with Crippen LogP contribution >= 0.6 is 0 Å². The summed E-state index contributed by atoms with van der Waals surface area (Å²) in [5.41, 5.74) is 0.0109. The van der Waals surface area contributed by atoms with Gasteiger partial charge in [0.2, 0.25) is 0 Å². The van der Waals surface area contributed by atoms with Crippen molar-refractivity contribution in [3.8, 4) is 5.75 Å². The van der Waals surface area contributed by atoms with Crippen LogP contribution in [0.25, 0.3) is 0 Å². The van der Waals surface area contributed by atoms with E-state index in [1.165, 1.54) is 18.2 Å². The lowest BCUT2D eigenvalue weighted by Crippen LogP contribution is -2.21. The lowest BCUT2D eigenvalue weighted by atomic mass is 9.89. The normalized spacial score (nSPS) is 11.7. The van der Waals surface area contributed by atoms with Gasteiger partial charge in [-0.1, -0.05) is 38.8 Å². The van der Waals surface area contributed by atoms with Crippen molar-refractivity contribution in [2.24, 2.45) is 5.92 Å². The summed E-state index contributed by atoms with van der Waals surface area (Å²) in [5, 5.41) is 0. The van der Waals surface area contributed by atoms with E-state index in [-0.39, 0.29) is 17.3 Å². The van der Waals surface area contributed by atoms with Crippen molar-refractivity contribution < 1.29 is 22.7 Å². The number of carbonyl (C=O) groups excluding carboxylic acids is 1. The minimum atomic E-state index is -4.79. The molecule has 0 aliphatic rings. The number of hydrogen-bond donors (Lipinski definition) is 0. The van der Waals surface area contributed by atoms with E-state index in [0.717, 1.165) is 12.8 Å². The van der Waals surface area contributed by atoms with E-state index in [9.17, 15) is 18.0 Å². The van der Waals surface area contributed by atoms with Gasteiger partial charge in [0.25, 0.3) is 0 Å². The van der Waals surface area contributed by atoms with Crippen molar-refractivity contribution in [1.82, 2.24) is 0 Å². The molecule has 0 saturated carbocycles. The van der Waals surface area contributed by atoms with Crippen molar-refractivity contribution in [2.45, 2.75) is 45.9 Å². The molecule has 0 radical (unpaired) electrons. The number of halogens is 3. The Kier molecular flexibility index (Phi) is 6.05. The minimum Gasteiger partial charge on any atom is -0.405 e. The van der Waals surface area contributed by atoms with Gasteiger partial charge in [0.15, 0.2) is 5.78 Å². The molecule has 1 aromatic carbocycles. The smallest absolute Gasteiger partial charge is 0.405 e. The van der Waals surface area contributed by atoms with Gasteiger partial charge in [-0.3, -0.25) is 4.79 Å². The predicted octanol–water partition coefficient (Wildman–Crippen LogP) is 4.98. The topological polar surface area (TPSA) is 26.3 Å². The number of para-hydroxylation sites is 1. The van der Waals surface area contributed by atoms with Crippen LogP contribution in [-0.4, -0.2) is 12.1 Å². The van der Waals surface area contributed by atoms with Crippen LogP contribution in [0.1, 0.15) is 49.9 Å². The second kappa shape index (κ2) is 7.31. The van der Waals surface area contributed by atoms with E-state index >= 15 is 0 Å². The first-order chi connectivity index (χ1) is 9.39. The van der Waals surface area contributed by atoms with Crippen LogP contribution in [0.5, 0.6) is 5.75 Å². The zero-order chi connectivity index (χ0) is 15.2. The Morgan fingerprint density at radius 3 is 2.20 bits per heavy atom. The molecule has 1 rings (SSSR count).